The van der Waals surface area contributed by atoms with Crippen molar-refractivity contribution in [1.82, 2.24) is 0 Å². The van der Waals surface area contributed by atoms with Gasteiger partial charge in [-0.25, -0.2) is 0 Å². The van der Waals surface area contributed by atoms with Crippen LogP contribution in [0.5, 0.6) is 0 Å². The van der Waals surface area contributed by atoms with Gasteiger partial charge in [-0.3, -0.25) is 0 Å². The average molecular weight is 204 g/mol. The van der Waals surface area contributed by atoms with Gasteiger partial charge in [-0.2, -0.15) is 4.57 Å². The van der Waals surface area contributed by atoms with Gasteiger partial charge in [0, 0.05) is 24.6 Å². The number of aryl methyl sites for hydroxylation is 1. The largest absolute Gasteiger partial charge is 0.204 e. The molecule has 1 rings (SSSR count). The highest BCUT2D eigenvalue weighted by atomic mass is 14.9. The molecule has 0 spiro atoms. The summed E-state index contributed by atoms with van der Waals surface area (Å²) in [6.07, 6.45) is 10.7. The van der Waals surface area contributed by atoms with Gasteiger partial charge in [0.15, 0.2) is 6.20 Å². The highest BCUT2D eigenvalue weighted by Gasteiger charge is 2.04. The van der Waals surface area contributed by atoms with Crippen molar-refractivity contribution in [1.29, 1.82) is 0 Å². The maximum atomic E-state index is 3.83. The van der Waals surface area contributed by atoms with E-state index < -0.39 is 0 Å². The van der Waals surface area contributed by atoms with Gasteiger partial charge < -0.3 is 0 Å². The summed E-state index contributed by atoms with van der Waals surface area (Å²) >= 11 is 0. The summed E-state index contributed by atoms with van der Waals surface area (Å²) in [4.78, 5) is 0. The highest BCUT2D eigenvalue weighted by molar-refractivity contribution is 5.36. The molecule has 15 heavy (non-hydrogen) atoms. The zero-order valence-electron chi connectivity index (χ0n) is 9.78. The Morgan fingerprint density at radius 3 is 2.73 bits per heavy atom. The number of rotatable bonds is 7. The first-order valence-corrected chi connectivity index (χ1v) is 5.99. The van der Waals surface area contributed by atoms with E-state index in [9.17, 15) is 0 Å². The van der Waals surface area contributed by atoms with Crippen molar-refractivity contribution in [2.24, 2.45) is 0 Å². The van der Waals surface area contributed by atoms with Crippen molar-refractivity contribution in [2.45, 2.75) is 45.6 Å². The van der Waals surface area contributed by atoms with E-state index in [1.165, 1.54) is 37.8 Å². The second-order valence-electron chi connectivity index (χ2n) is 3.94. The van der Waals surface area contributed by atoms with Crippen molar-refractivity contribution in [3.8, 4) is 0 Å². The molecule has 0 aliphatic rings. The molecular formula is C14H22N+. The van der Waals surface area contributed by atoms with Gasteiger partial charge in [-0.15, -0.1) is 0 Å². The fourth-order valence-electron chi connectivity index (χ4n) is 1.76. The van der Waals surface area contributed by atoms with Gasteiger partial charge in [-0.1, -0.05) is 32.8 Å². The molecule has 1 nitrogen and oxygen atoms in total. The predicted molar refractivity (Wildman–Crippen MR) is 65.5 cm³/mol. The maximum Gasteiger partial charge on any atom is 0.204 e. The lowest BCUT2D eigenvalue weighted by Gasteiger charge is -2.00. The topological polar surface area (TPSA) is 3.88 Å². The first-order valence-electron chi connectivity index (χ1n) is 5.99. The molecule has 1 heterocycles. The molecule has 0 unspecified atom stereocenters. The van der Waals surface area contributed by atoms with E-state index in [-0.39, 0.29) is 0 Å². The van der Waals surface area contributed by atoms with Crippen LogP contribution in [0.2, 0.25) is 0 Å². The third-order valence-electron chi connectivity index (χ3n) is 2.69. The fourth-order valence-corrected chi connectivity index (χ4v) is 1.76. The molecule has 82 valence electrons. The van der Waals surface area contributed by atoms with E-state index in [4.69, 9.17) is 0 Å². The van der Waals surface area contributed by atoms with Crippen molar-refractivity contribution >= 4 is 6.08 Å². The zero-order chi connectivity index (χ0) is 10.9. The molecule has 0 aliphatic heterocycles. The first kappa shape index (κ1) is 12.0. The SMILES string of the molecule is C=Cc1cccc[n+]1CCCCCCC. The van der Waals surface area contributed by atoms with Crippen LogP contribution in [0.25, 0.3) is 6.08 Å². The van der Waals surface area contributed by atoms with Crippen LogP contribution in [0.4, 0.5) is 0 Å². The van der Waals surface area contributed by atoms with Gasteiger partial charge in [0.2, 0.25) is 5.69 Å². The van der Waals surface area contributed by atoms with E-state index in [1.807, 2.05) is 6.08 Å². The molecule has 0 aliphatic carbocycles. The lowest BCUT2D eigenvalue weighted by molar-refractivity contribution is -0.699. The van der Waals surface area contributed by atoms with Gasteiger partial charge in [0.05, 0.1) is 0 Å². The quantitative estimate of drug-likeness (QED) is 0.472. The van der Waals surface area contributed by atoms with Crippen LogP contribution >= 0.6 is 0 Å². The minimum Gasteiger partial charge on any atom is -0.199 e. The van der Waals surface area contributed by atoms with E-state index in [0.29, 0.717) is 0 Å². The summed E-state index contributed by atoms with van der Waals surface area (Å²) in [7, 11) is 0. The van der Waals surface area contributed by atoms with Crippen LogP contribution in [0.3, 0.4) is 0 Å². The summed E-state index contributed by atoms with van der Waals surface area (Å²) in [5.41, 5.74) is 1.22. The van der Waals surface area contributed by atoms with E-state index >= 15 is 0 Å². The third-order valence-corrected chi connectivity index (χ3v) is 2.69. The van der Waals surface area contributed by atoms with Crippen LogP contribution < -0.4 is 4.57 Å². The number of pyridine rings is 1. The molecule has 1 aromatic rings. The monoisotopic (exact) mass is 204 g/mol. The number of unbranched alkanes of at least 4 members (excludes halogenated alkanes) is 4. The Morgan fingerprint density at radius 2 is 2.00 bits per heavy atom. The van der Waals surface area contributed by atoms with Crippen molar-refractivity contribution < 1.29 is 4.57 Å². The smallest absolute Gasteiger partial charge is 0.199 e. The minimum absolute atomic E-state index is 1.12. The molecule has 1 heteroatoms. The molecule has 0 amide bonds. The second kappa shape index (κ2) is 7.22. The highest BCUT2D eigenvalue weighted by Crippen LogP contribution is 2.02. The summed E-state index contributed by atoms with van der Waals surface area (Å²) in [5, 5.41) is 0. The number of hydrogen-bond acceptors (Lipinski definition) is 0. The summed E-state index contributed by atoms with van der Waals surface area (Å²) in [6.45, 7) is 7.20. The number of aromatic nitrogens is 1. The van der Waals surface area contributed by atoms with Gasteiger partial charge in [0.25, 0.3) is 0 Å². The molecular weight excluding hydrogens is 182 g/mol. The van der Waals surface area contributed by atoms with E-state index in [1.54, 1.807) is 0 Å². The molecule has 0 aromatic carbocycles. The van der Waals surface area contributed by atoms with Crippen molar-refractivity contribution in [3.63, 3.8) is 0 Å². The molecule has 0 bridgehead atoms. The molecule has 1 aromatic heterocycles. The summed E-state index contributed by atoms with van der Waals surface area (Å²) in [6, 6.07) is 6.25. The first-order chi connectivity index (χ1) is 7.38. The van der Waals surface area contributed by atoms with E-state index in [2.05, 4.69) is 42.5 Å². The molecule has 0 fully saturated rings. The van der Waals surface area contributed by atoms with Crippen LogP contribution in [0.1, 0.15) is 44.7 Å². The Morgan fingerprint density at radius 1 is 1.20 bits per heavy atom. The van der Waals surface area contributed by atoms with Crippen LogP contribution in [-0.4, -0.2) is 0 Å². The van der Waals surface area contributed by atoms with Crippen LogP contribution in [0.15, 0.2) is 31.0 Å². The minimum atomic E-state index is 1.12. The third kappa shape index (κ3) is 4.28. The standard InChI is InChI=1S/C14H22N/c1-3-5-6-7-9-12-15-13-10-8-11-14(15)4-2/h4,8,10-11,13H,2-3,5-7,9,12H2,1H3/q+1. The lowest BCUT2D eigenvalue weighted by atomic mass is 10.1. The Balaban J connectivity index is 2.33. The molecule has 0 atom stereocenters. The molecule has 0 radical (unpaired) electrons. The fraction of sp³-hybridized carbons (Fsp3) is 0.500. The normalized spacial score (nSPS) is 10.2. The van der Waals surface area contributed by atoms with Crippen molar-refractivity contribution in [2.75, 3.05) is 0 Å². The average Bonchev–Trinajstić information content (AvgIpc) is 2.29. The second-order valence-corrected chi connectivity index (χ2v) is 3.94. The number of nitrogens with zero attached hydrogens (tertiary/aromatic N) is 1. The number of hydrogen-bond donors (Lipinski definition) is 0. The Bertz CT molecular complexity index is 291. The van der Waals surface area contributed by atoms with Crippen LogP contribution in [0, 0.1) is 0 Å². The summed E-state index contributed by atoms with van der Waals surface area (Å²) in [5.74, 6) is 0. The molecule has 0 N–H and O–H groups in total. The Hall–Kier alpha value is -1.11. The summed E-state index contributed by atoms with van der Waals surface area (Å²) < 4.78 is 2.28. The predicted octanol–water partition coefficient (Wildman–Crippen LogP) is 3.59. The lowest BCUT2D eigenvalue weighted by Crippen LogP contribution is -2.36. The molecule has 0 saturated heterocycles. The Labute approximate surface area is 93.5 Å². The van der Waals surface area contributed by atoms with E-state index in [0.717, 1.165) is 6.54 Å². The molecule has 0 saturated carbocycles. The van der Waals surface area contributed by atoms with Gasteiger partial charge in [-0.05, 0) is 12.5 Å². The van der Waals surface area contributed by atoms with Gasteiger partial charge in [0.1, 0.15) is 6.54 Å². The van der Waals surface area contributed by atoms with Crippen molar-refractivity contribution in [3.05, 3.63) is 36.7 Å². The van der Waals surface area contributed by atoms with Gasteiger partial charge >= 0.3 is 0 Å². The van der Waals surface area contributed by atoms with Crippen LogP contribution in [-0.2, 0) is 6.54 Å². The maximum absolute atomic E-state index is 3.83. The Kier molecular flexibility index (Phi) is 5.76. The zero-order valence-corrected chi connectivity index (χ0v) is 9.78.